The van der Waals surface area contributed by atoms with Gasteiger partial charge in [-0.05, 0) is 6.07 Å². The number of rotatable bonds is 0. The van der Waals surface area contributed by atoms with Gasteiger partial charge in [-0.15, -0.1) is 6.42 Å². The predicted octanol–water partition coefficient (Wildman–Crippen LogP) is 1.65. The van der Waals surface area contributed by atoms with Gasteiger partial charge >= 0.3 is 0 Å². The van der Waals surface area contributed by atoms with E-state index in [1.165, 1.54) is 0 Å². The SMILES string of the molecule is C#Cc1c[nH]c(Cl)c1. The fraction of sp³-hybridized carbons (Fsp3) is 0. The smallest absolute Gasteiger partial charge is 0.107 e. The van der Waals surface area contributed by atoms with Crippen molar-refractivity contribution in [1.82, 2.24) is 4.98 Å². The molecule has 0 amide bonds. The molecule has 40 valence electrons. The van der Waals surface area contributed by atoms with Crippen LogP contribution in [0.2, 0.25) is 5.15 Å². The lowest BCUT2D eigenvalue weighted by Crippen LogP contribution is -1.56. The molecule has 0 aromatic carbocycles. The van der Waals surface area contributed by atoms with Crippen LogP contribution in [0.15, 0.2) is 12.3 Å². The number of nitrogens with one attached hydrogen (secondary N) is 1. The van der Waals surface area contributed by atoms with E-state index >= 15 is 0 Å². The van der Waals surface area contributed by atoms with Crippen molar-refractivity contribution in [3.63, 3.8) is 0 Å². The van der Waals surface area contributed by atoms with E-state index in [0.717, 1.165) is 5.56 Å². The zero-order chi connectivity index (χ0) is 5.98. The Balaban J connectivity index is 3.05. The summed E-state index contributed by atoms with van der Waals surface area (Å²) in [6, 6.07) is 1.70. The highest BCUT2D eigenvalue weighted by atomic mass is 35.5. The van der Waals surface area contributed by atoms with E-state index in [-0.39, 0.29) is 0 Å². The molecule has 1 rings (SSSR count). The first-order valence-corrected chi connectivity index (χ1v) is 2.51. The number of terminal acetylenes is 1. The van der Waals surface area contributed by atoms with Crippen LogP contribution in [0.3, 0.4) is 0 Å². The van der Waals surface area contributed by atoms with Crippen molar-refractivity contribution < 1.29 is 0 Å². The number of hydrogen-bond donors (Lipinski definition) is 1. The van der Waals surface area contributed by atoms with Crippen LogP contribution in [0.5, 0.6) is 0 Å². The van der Waals surface area contributed by atoms with Gasteiger partial charge in [0.05, 0.1) is 0 Å². The molecule has 0 aliphatic heterocycles. The van der Waals surface area contributed by atoms with E-state index in [1.807, 2.05) is 0 Å². The minimum atomic E-state index is 0.581. The lowest BCUT2D eigenvalue weighted by Gasteiger charge is -1.68. The quantitative estimate of drug-likeness (QED) is 0.508. The Hall–Kier alpha value is -0.870. The third kappa shape index (κ3) is 0.853. The highest BCUT2D eigenvalue weighted by Gasteiger charge is 1.88. The molecule has 1 aromatic rings. The van der Waals surface area contributed by atoms with E-state index in [0.29, 0.717) is 5.15 Å². The average molecular weight is 126 g/mol. The first kappa shape index (κ1) is 5.27. The van der Waals surface area contributed by atoms with Crippen LogP contribution in [-0.4, -0.2) is 4.98 Å². The van der Waals surface area contributed by atoms with E-state index in [1.54, 1.807) is 12.3 Å². The van der Waals surface area contributed by atoms with Crippen molar-refractivity contribution in [2.24, 2.45) is 0 Å². The molecule has 0 radical (unpaired) electrons. The molecule has 8 heavy (non-hydrogen) atoms. The molecule has 0 atom stereocenters. The number of aromatic amines is 1. The minimum absolute atomic E-state index is 0.581. The first-order valence-electron chi connectivity index (χ1n) is 2.13. The summed E-state index contributed by atoms with van der Waals surface area (Å²) in [5, 5.41) is 0.581. The van der Waals surface area contributed by atoms with Crippen molar-refractivity contribution in [2.45, 2.75) is 0 Å². The van der Waals surface area contributed by atoms with E-state index < -0.39 is 0 Å². The minimum Gasteiger partial charge on any atom is -0.351 e. The van der Waals surface area contributed by atoms with Gasteiger partial charge in [0.1, 0.15) is 5.15 Å². The molecule has 1 nitrogen and oxygen atoms in total. The summed E-state index contributed by atoms with van der Waals surface area (Å²) in [6.45, 7) is 0. The molecule has 0 bridgehead atoms. The van der Waals surface area contributed by atoms with Gasteiger partial charge < -0.3 is 4.98 Å². The molecule has 0 aliphatic carbocycles. The molecular formula is C6H4ClN. The monoisotopic (exact) mass is 125 g/mol. The predicted molar refractivity (Wildman–Crippen MR) is 33.7 cm³/mol. The molecule has 0 spiro atoms. The molecule has 0 unspecified atom stereocenters. The van der Waals surface area contributed by atoms with Gasteiger partial charge in [-0.2, -0.15) is 0 Å². The van der Waals surface area contributed by atoms with Gasteiger partial charge in [0, 0.05) is 11.8 Å². The number of halogens is 1. The standard InChI is InChI=1S/C6H4ClN/c1-2-5-3-6(7)8-4-5/h1,3-4,8H. The van der Waals surface area contributed by atoms with Crippen LogP contribution in [0.1, 0.15) is 5.56 Å². The topological polar surface area (TPSA) is 15.8 Å². The highest BCUT2D eigenvalue weighted by Crippen LogP contribution is 2.06. The second-order valence-electron chi connectivity index (χ2n) is 1.38. The maximum absolute atomic E-state index is 5.49. The molecule has 1 aromatic heterocycles. The summed E-state index contributed by atoms with van der Waals surface area (Å²) in [6.07, 6.45) is 6.72. The first-order chi connectivity index (χ1) is 3.83. The average Bonchev–Trinajstić information content (AvgIpc) is 2.14. The largest absolute Gasteiger partial charge is 0.351 e. The van der Waals surface area contributed by atoms with Crippen molar-refractivity contribution in [3.05, 3.63) is 23.0 Å². The summed E-state index contributed by atoms with van der Waals surface area (Å²) in [4.78, 5) is 2.74. The Morgan fingerprint density at radius 1 is 1.75 bits per heavy atom. The van der Waals surface area contributed by atoms with Gasteiger partial charge in [-0.25, -0.2) is 0 Å². The van der Waals surface area contributed by atoms with Crippen molar-refractivity contribution >= 4 is 11.6 Å². The third-order valence-electron chi connectivity index (χ3n) is 0.814. The summed E-state index contributed by atoms with van der Waals surface area (Å²) in [5.41, 5.74) is 0.787. The normalized spacial score (nSPS) is 8.50. The zero-order valence-electron chi connectivity index (χ0n) is 4.11. The Bertz CT molecular complexity index is 219. The fourth-order valence-corrected chi connectivity index (χ4v) is 0.622. The second-order valence-corrected chi connectivity index (χ2v) is 1.79. The van der Waals surface area contributed by atoms with E-state index in [9.17, 15) is 0 Å². The van der Waals surface area contributed by atoms with Crippen molar-refractivity contribution in [3.8, 4) is 12.3 Å². The third-order valence-corrected chi connectivity index (χ3v) is 1.03. The molecule has 0 fully saturated rings. The second kappa shape index (κ2) is 1.94. The number of hydrogen-bond acceptors (Lipinski definition) is 0. The molecule has 0 saturated carbocycles. The van der Waals surface area contributed by atoms with Crippen molar-refractivity contribution in [1.29, 1.82) is 0 Å². The Kier molecular flexibility index (Phi) is 1.27. The molecule has 0 aliphatic rings. The lowest BCUT2D eigenvalue weighted by molar-refractivity contribution is 1.41. The van der Waals surface area contributed by atoms with E-state index in [2.05, 4.69) is 10.9 Å². The van der Waals surface area contributed by atoms with Crippen LogP contribution >= 0.6 is 11.6 Å². The number of H-pyrrole nitrogens is 1. The zero-order valence-corrected chi connectivity index (χ0v) is 4.87. The van der Waals surface area contributed by atoms with Crippen LogP contribution in [0.4, 0.5) is 0 Å². The van der Waals surface area contributed by atoms with E-state index in [4.69, 9.17) is 18.0 Å². The molecular weight excluding hydrogens is 122 g/mol. The van der Waals surface area contributed by atoms with Gasteiger partial charge in [0.25, 0.3) is 0 Å². The molecule has 2 heteroatoms. The Labute approximate surface area is 52.7 Å². The highest BCUT2D eigenvalue weighted by molar-refractivity contribution is 6.29. The van der Waals surface area contributed by atoms with Gasteiger partial charge in [0.15, 0.2) is 0 Å². The molecule has 1 heterocycles. The summed E-state index contributed by atoms with van der Waals surface area (Å²) < 4.78 is 0. The maximum atomic E-state index is 5.49. The van der Waals surface area contributed by atoms with Gasteiger partial charge in [-0.1, -0.05) is 17.5 Å². The maximum Gasteiger partial charge on any atom is 0.107 e. The van der Waals surface area contributed by atoms with Crippen molar-refractivity contribution in [2.75, 3.05) is 0 Å². The van der Waals surface area contributed by atoms with Crippen LogP contribution in [-0.2, 0) is 0 Å². The molecule has 1 N–H and O–H groups in total. The Morgan fingerprint density at radius 2 is 2.50 bits per heavy atom. The summed E-state index contributed by atoms with van der Waals surface area (Å²) in [5.74, 6) is 2.43. The van der Waals surface area contributed by atoms with Gasteiger partial charge in [0.2, 0.25) is 0 Å². The Morgan fingerprint density at radius 3 is 2.75 bits per heavy atom. The number of aromatic nitrogens is 1. The van der Waals surface area contributed by atoms with Gasteiger partial charge in [-0.3, -0.25) is 0 Å². The summed E-state index contributed by atoms with van der Waals surface area (Å²) in [7, 11) is 0. The van der Waals surface area contributed by atoms with Crippen LogP contribution < -0.4 is 0 Å². The lowest BCUT2D eigenvalue weighted by atomic mass is 10.4. The molecule has 0 saturated heterocycles. The summed E-state index contributed by atoms with van der Waals surface area (Å²) >= 11 is 5.49. The van der Waals surface area contributed by atoms with Crippen LogP contribution in [0.25, 0.3) is 0 Å². The van der Waals surface area contributed by atoms with Crippen LogP contribution in [0, 0.1) is 12.3 Å². The fourth-order valence-electron chi connectivity index (χ4n) is 0.450.